The van der Waals surface area contributed by atoms with E-state index in [1.54, 1.807) is 38.1 Å². The zero-order valence-corrected chi connectivity index (χ0v) is 17.5. The second-order valence-corrected chi connectivity index (χ2v) is 8.36. The maximum absolute atomic E-state index is 12.7. The van der Waals surface area contributed by atoms with E-state index in [0.717, 1.165) is 11.6 Å². The molecule has 7 heteroatoms. The summed E-state index contributed by atoms with van der Waals surface area (Å²) in [5, 5.41) is 0. The normalized spacial score (nSPS) is 20.8. The van der Waals surface area contributed by atoms with Gasteiger partial charge in [0.25, 0.3) is 0 Å². The molecule has 0 heterocycles. The number of hydrogen-bond acceptors (Lipinski definition) is 3. The first kappa shape index (κ1) is 21.4. The lowest BCUT2D eigenvalue weighted by Crippen LogP contribution is -2.11. The molecule has 0 aromatic heterocycles. The Morgan fingerprint density at radius 2 is 1.76 bits per heavy atom. The maximum atomic E-state index is 12.7. The fourth-order valence-corrected chi connectivity index (χ4v) is 3.54. The third-order valence-corrected chi connectivity index (χ3v) is 5.73. The summed E-state index contributed by atoms with van der Waals surface area (Å²) in [6.45, 7) is 3.53. The van der Waals surface area contributed by atoms with E-state index in [9.17, 15) is 18.0 Å². The first-order valence-electron chi connectivity index (χ1n) is 9.02. The smallest absolute Gasteiger partial charge is 0.422 e. The van der Waals surface area contributed by atoms with Crippen LogP contribution in [0, 0.1) is 17.3 Å². The lowest BCUT2D eigenvalue weighted by molar-refractivity contribution is -0.147. The van der Waals surface area contributed by atoms with Crippen LogP contribution >= 0.6 is 15.9 Å². The van der Waals surface area contributed by atoms with Gasteiger partial charge in [0.2, 0.25) is 0 Å². The number of halogens is 4. The van der Waals surface area contributed by atoms with Crippen LogP contribution < -0.4 is 4.74 Å². The SMILES string of the molecule is CC1(C)C(C=C(Br)C(F)(F)F)C1C(=O)OCc1cccc(Oc2ccccc2)c1. The molecule has 2 unspecified atom stereocenters. The van der Waals surface area contributed by atoms with Gasteiger partial charge in [-0.05, 0) is 57.1 Å². The monoisotopic (exact) mass is 468 g/mol. The third kappa shape index (κ3) is 5.21. The molecule has 0 amide bonds. The zero-order chi connectivity index (χ0) is 21.2. The Balaban J connectivity index is 1.60. The molecule has 1 saturated carbocycles. The molecule has 1 aliphatic rings. The van der Waals surface area contributed by atoms with Gasteiger partial charge < -0.3 is 9.47 Å². The fourth-order valence-electron chi connectivity index (χ4n) is 3.26. The number of hydrogen-bond donors (Lipinski definition) is 0. The van der Waals surface area contributed by atoms with Gasteiger partial charge in [0.15, 0.2) is 0 Å². The Labute approximate surface area is 175 Å². The van der Waals surface area contributed by atoms with Crippen LogP contribution in [0.2, 0.25) is 0 Å². The summed E-state index contributed by atoms with van der Waals surface area (Å²) in [5.74, 6) is -0.356. The molecule has 0 saturated heterocycles. The minimum atomic E-state index is -4.47. The Morgan fingerprint density at radius 3 is 2.41 bits per heavy atom. The highest BCUT2D eigenvalue weighted by atomic mass is 79.9. The largest absolute Gasteiger partial charge is 0.461 e. The Morgan fingerprint density at radius 1 is 1.10 bits per heavy atom. The second-order valence-electron chi connectivity index (χ2n) is 7.51. The summed E-state index contributed by atoms with van der Waals surface area (Å²) >= 11 is 2.55. The van der Waals surface area contributed by atoms with Gasteiger partial charge in [0.05, 0.1) is 10.4 Å². The molecular formula is C22H20BrF3O3. The van der Waals surface area contributed by atoms with Crippen LogP contribution in [0.5, 0.6) is 11.5 Å². The predicted molar refractivity (Wildman–Crippen MR) is 107 cm³/mol. The number of carbonyl (C=O) groups excluding carboxylic acids is 1. The van der Waals surface area contributed by atoms with E-state index >= 15 is 0 Å². The van der Waals surface area contributed by atoms with Crippen molar-refractivity contribution in [3.05, 3.63) is 70.7 Å². The maximum Gasteiger partial charge on any atom is 0.422 e. The number of carbonyl (C=O) groups is 1. The van der Waals surface area contributed by atoms with Crippen molar-refractivity contribution in [1.29, 1.82) is 0 Å². The van der Waals surface area contributed by atoms with Crippen LogP contribution in [0.3, 0.4) is 0 Å². The summed E-state index contributed by atoms with van der Waals surface area (Å²) in [7, 11) is 0. The minimum Gasteiger partial charge on any atom is -0.461 e. The molecular weight excluding hydrogens is 449 g/mol. The molecule has 154 valence electrons. The molecule has 2 atom stereocenters. The highest BCUT2D eigenvalue weighted by Crippen LogP contribution is 2.60. The number of alkyl halides is 3. The van der Waals surface area contributed by atoms with E-state index in [2.05, 4.69) is 15.9 Å². The standard InChI is InChI=1S/C22H20BrF3O3/c1-21(2)17(12-18(23)22(24,25)26)19(21)20(27)28-13-14-7-6-10-16(11-14)29-15-8-4-3-5-9-15/h3-12,17,19H,13H2,1-2H3. The van der Waals surface area contributed by atoms with Crippen molar-refractivity contribution >= 4 is 21.9 Å². The summed E-state index contributed by atoms with van der Waals surface area (Å²) in [4.78, 5) is 12.4. The number of para-hydroxylation sites is 1. The summed E-state index contributed by atoms with van der Waals surface area (Å²) < 4.78 is 48.5. The van der Waals surface area contributed by atoms with Crippen molar-refractivity contribution < 1.29 is 27.4 Å². The molecule has 2 aromatic rings. The van der Waals surface area contributed by atoms with Gasteiger partial charge in [-0.1, -0.05) is 50.3 Å². The van der Waals surface area contributed by atoms with E-state index in [1.165, 1.54) is 0 Å². The first-order chi connectivity index (χ1) is 13.6. The van der Waals surface area contributed by atoms with Crippen LogP contribution in [0.25, 0.3) is 0 Å². The van der Waals surface area contributed by atoms with Gasteiger partial charge >= 0.3 is 12.1 Å². The molecule has 3 rings (SSSR count). The van der Waals surface area contributed by atoms with Crippen LogP contribution in [0.4, 0.5) is 13.2 Å². The lowest BCUT2D eigenvalue weighted by atomic mass is 10.1. The number of esters is 1. The number of allylic oxidation sites excluding steroid dienone is 2. The highest BCUT2D eigenvalue weighted by molar-refractivity contribution is 9.11. The van der Waals surface area contributed by atoms with Crippen LogP contribution in [0.15, 0.2) is 65.2 Å². The lowest BCUT2D eigenvalue weighted by Gasteiger charge is -2.09. The van der Waals surface area contributed by atoms with E-state index in [-0.39, 0.29) is 6.61 Å². The highest BCUT2D eigenvalue weighted by Gasteiger charge is 2.62. The van der Waals surface area contributed by atoms with Crippen molar-refractivity contribution in [3.8, 4) is 11.5 Å². The fraction of sp³-hybridized carbons (Fsp3) is 0.318. The Hall–Kier alpha value is -2.28. The Kier molecular flexibility index (Phi) is 6.08. The van der Waals surface area contributed by atoms with Gasteiger partial charge in [-0.25, -0.2) is 0 Å². The van der Waals surface area contributed by atoms with Crippen molar-refractivity contribution in [2.24, 2.45) is 17.3 Å². The minimum absolute atomic E-state index is 0.0221. The van der Waals surface area contributed by atoms with Crippen LogP contribution in [-0.4, -0.2) is 12.1 Å². The summed E-state index contributed by atoms with van der Waals surface area (Å²) in [6.07, 6.45) is -3.41. The number of ether oxygens (including phenoxy) is 2. The quantitative estimate of drug-likeness (QED) is 0.446. The molecule has 2 aromatic carbocycles. The Bertz CT molecular complexity index is 907. The summed E-state index contributed by atoms with van der Waals surface area (Å²) in [6, 6.07) is 16.4. The molecule has 0 aliphatic heterocycles. The number of benzene rings is 2. The van der Waals surface area contributed by atoms with Gasteiger partial charge in [0, 0.05) is 0 Å². The molecule has 1 aliphatic carbocycles. The molecule has 0 bridgehead atoms. The zero-order valence-electron chi connectivity index (χ0n) is 15.9. The van der Waals surface area contributed by atoms with Crippen molar-refractivity contribution in [1.82, 2.24) is 0 Å². The third-order valence-electron chi connectivity index (χ3n) is 5.02. The topological polar surface area (TPSA) is 35.5 Å². The van der Waals surface area contributed by atoms with E-state index in [4.69, 9.17) is 9.47 Å². The number of rotatable bonds is 6. The molecule has 0 N–H and O–H groups in total. The van der Waals surface area contributed by atoms with Crippen LogP contribution in [-0.2, 0) is 16.1 Å². The molecule has 1 fully saturated rings. The van der Waals surface area contributed by atoms with Crippen molar-refractivity contribution in [2.75, 3.05) is 0 Å². The predicted octanol–water partition coefficient (Wildman–Crippen LogP) is 6.64. The van der Waals surface area contributed by atoms with Gasteiger partial charge in [-0.2, -0.15) is 13.2 Å². The average molecular weight is 469 g/mol. The van der Waals surface area contributed by atoms with Gasteiger partial charge in [-0.15, -0.1) is 0 Å². The van der Waals surface area contributed by atoms with Gasteiger partial charge in [0.1, 0.15) is 18.1 Å². The van der Waals surface area contributed by atoms with Crippen LogP contribution in [0.1, 0.15) is 19.4 Å². The molecule has 0 radical (unpaired) electrons. The summed E-state index contributed by atoms with van der Waals surface area (Å²) in [5.41, 5.74) is 0.147. The van der Waals surface area contributed by atoms with Gasteiger partial charge in [-0.3, -0.25) is 4.79 Å². The first-order valence-corrected chi connectivity index (χ1v) is 9.81. The van der Waals surface area contributed by atoms with Crippen molar-refractivity contribution in [2.45, 2.75) is 26.6 Å². The van der Waals surface area contributed by atoms with Crippen molar-refractivity contribution in [3.63, 3.8) is 0 Å². The van der Waals surface area contributed by atoms with E-state index < -0.39 is 33.9 Å². The second kappa shape index (κ2) is 8.22. The molecule has 29 heavy (non-hydrogen) atoms. The van der Waals surface area contributed by atoms with E-state index in [1.807, 2.05) is 30.3 Å². The van der Waals surface area contributed by atoms with E-state index in [0.29, 0.717) is 11.5 Å². The molecule has 3 nitrogen and oxygen atoms in total. The molecule has 0 spiro atoms. The average Bonchev–Trinajstić information content (AvgIpc) is 3.20.